The Labute approximate surface area is 98.0 Å². The fourth-order valence-corrected chi connectivity index (χ4v) is 0.760. The molecule has 1 aliphatic heterocycles. The molecule has 0 aliphatic carbocycles. The molecule has 0 aromatic carbocycles. The average molecular weight is 370 g/mol. The van der Waals surface area contributed by atoms with Crippen LogP contribution in [0.5, 0.6) is 0 Å². The van der Waals surface area contributed by atoms with E-state index < -0.39 is 29.0 Å². The molecule has 16 heavy (non-hydrogen) atoms. The molecule has 1 fully saturated rings. The predicted molar refractivity (Wildman–Crippen MR) is 45.1 cm³/mol. The summed E-state index contributed by atoms with van der Waals surface area (Å²) in [5.41, 5.74) is 0. The van der Waals surface area contributed by atoms with Crippen LogP contribution in [0.2, 0.25) is 0 Å². The molecule has 0 unspecified atom stereocenters. The summed E-state index contributed by atoms with van der Waals surface area (Å²) in [7, 11) is 0. The summed E-state index contributed by atoms with van der Waals surface area (Å²) in [5.74, 6) is 0. The van der Waals surface area contributed by atoms with Crippen LogP contribution >= 0.6 is 0 Å². The quantitative estimate of drug-likeness (QED) is 0.226. The Hall–Kier alpha value is 0.397. The normalized spacial score (nSPS) is 16.4. The minimum absolute atomic E-state index is 1.32. The van der Waals surface area contributed by atoms with Crippen LogP contribution < -0.4 is 18.8 Å². The first-order chi connectivity index (χ1) is 7.00. The number of rotatable bonds is 0. The zero-order valence-electron chi connectivity index (χ0n) is 8.30. The molecule has 1 saturated heterocycles. The number of piperazine rings is 1. The Bertz CT molecular complexity index is 196. The van der Waals surface area contributed by atoms with Crippen molar-refractivity contribution >= 4 is 29.0 Å². The maximum absolute atomic E-state index is 8.83. The van der Waals surface area contributed by atoms with Gasteiger partial charge in [0.2, 0.25) is 0 Å². The Morgan fingerprint density at radius 1 is 0.750 bits per heavy atom. The maximum atomic E-state index is 8.83. The number of hydrogen-bond acceptors (Lipinski definition) is 4. The standard InChI is InChI=1S/C4H10N2.2AsH3O4/c1-2-6-4-3-5-1;2*2-1(3,4)5/h5-6H,1-4H2;2*(H3,2,3,4,5). The van der Waals surface area contributed by atoms with Crippen molar-refractivity contribution in [1.82, 2.24) is 0 Å². The topological polar surface area (TPSA) is 194 Å². The molecular formula is C4H16As2N2O8. The summed E-state index contributed by atoms with van der Waals surface area (Å²) >= 11 is -10.8. The van der Waals surface area contributed by atoms with Crippen molar-refractivity contribution in [3.05, 3.63) is 0 Å². The SMILES string of the molecule is C1C[NH2+]CC[NH2+]1.O=[As]([O-])(O)O.O=[As]([O-])(O)O. The van der Waals surface area contributed by atoms with Gasteiger partial charge >= 0.3 is 61.1 Å². The molecule has 1 heterocycles. The first kappa shape index (κ1) is 18.8. The number of nitrogens with two attached hydrogens (primary N) is 2. The van der Waals surface area contributed by atoms with E-state index in [0.29, 0.717) is 0 Å². The first-order valence-corrected chi connectivity index (χ1v) is 10.6. The fourth-order valence-electron chi connectivity index (χ4n) is 0.760. The van der Waals surface area contributed by atoms with Crippen LogP contribution in [0.25, 0.3) is 0 Å². The second-order valence-corrected chi connectivity index (χ2v) is 6.83. The molecule has 0 radical (unpaired) electrons. The van der Waals surface area contributed by atoms with Gasteiger partial charge in [-0.1, -0.05) is 0 Å². The van der Waals surface area contributed by atoms with E-state index in [0.717, 1.165) is 0 Å². The van der Waals surface area contributed by atoms with Gasteiger partial charge < -0.3 is 10.6 Å². The van der Waals surface area contributed by atoms with Crippen molar-refractivity contribution in [2.24, 2.45) is 0 Å². The third-order valence-electron chi connectivity index (χ3n) is 1.15. The average Bonchev–Trinajstić information content (AvgIpc) is 2.01. The van der Waals surface area contributed by atoms with Crippen molar-refractivity contribution < 1.29 is 42.7 Å². The summed E-state index contributed by atoms with van der Waals surface area (Å²) in [6.45, 7) is 5.28. The van der Waals surface area contributed by atoms with Crippen molar-refractivity contribution in [2.75, 3.05) is 26.2 Å². The Kier molecular flexibility index (Phi) is 11.1. The van der Waals surface area contributed by atoms with Crippen LogP contribution in [0.4, 0.5) is 0 Å². The van der Waals surface area contributed by atoms with Crippen LogP contribution in [0, 0.1) is 0 Å². The van der Waals surface area contributed by atoms with Crippen LogP contribution in [-0.2, 0) is 7.48 Å². The van der Waals surface area contributed by atoms with Gasteiger partial charge in [-0.25, -0.2) is 0 Å². The van der Waals surface area contributed by atoms with Gasteiger partial charge in [0.25, 0.3) is 0 Å². The van der Waals surface area contributed by atoms with Gasteiger partial charge in [0.15, 0.2) is 0 Å². The van der Waals surface area contributed by atoms with E-state index in [2.05, 4.69) is 10.6 Å². The number of hydrogen-bond donors (Lipinski definition) is 6. The summed E-state index contributed by atoms with van der Waals surface area (Å²) < 4.78 is 63.9. The molecule has 0 bridgehead atoms. The second-order valence-electron chi connectivity index (χ2n) is 2.71. The Morgan fingerprint density at radius 2 is 0.875 bits per heavy atom. The summed E-state index contributed by atoms with van der Waals surface area (Å²) in [6.07, 6.45) is 0. The molecule has 8 N–H and O–H groups in total. The minimum atomic E-state index is -5.38. The van der Waals surface area contributed by atoms with E-state index in [1.807, 2.05) is 0 Å². The summed E-state index contributed by atoms with van der Waals surface area (Å²) in [4.78, 5) is 0. The van der Waals surface area contributed by atoms with E-state index in [9.17, 15) is 0 Å². The molecule has 12 heteroatoms. The zero-order chi connectivity index (χ0) is 13.2. The molecule has 100 valence electrons. The van der Waals surface area contributed by atoms with E-state index in [4.69, 9.17) is 32.1 Å². The van der Waals surface area contributed by atoms with Crippen molar-refractivity contribution in [3.63, 3.8) is 0 Å². The molecule has 0 spiro atoms. The molecule has 1 aliphatic rings. The zero-order valence-corrected chi connectivity index (χ0v) is 12.1. The van der Waals surface area contributed by atoms with Crippen molar-refractivity contribution in [2.45, 2.75) is 0 Å². The van der Waals surface area contributed by atoms with Crippen molar-refractivity contribution in [3.8, 4) is 0 Å². The molecule has 0 aromatic rings. The molecule has 0 atom stereocenters. The van der Waals surface area contributed by atoms with Crippen LogP contribution in [-0.4, -0.2) is 71.6 Å². The molecule has 0 saturated carbocycles. The van der Waals surface area contributed by atoms with Gasteiger partial charge in [0, 0.05) is 0 Å². The third-order valence-corrected chi connectivity index (χ3v) is 1.15. The van der Waals surface area contributed by atoms with E-state index >= 15 is 0 Å². The molecule has 0 amide bonds. The molecule has 0 aromatic heterocycles. The van der Waals surface area contributed by atoms with Crippen LogP contribution in [0.1, 0.15) is 0 Å². The monoisotopic (exact) mass is 370 g/mol. The van der Waals surface area contributed by atoms with Crippen LogP contribution in [0.15, 0.2) is 0 Å². The van der Waals surface area contributed by atoms with Gasteiger partial charge in [-0.2, -0.15) is 0 Å². The molecule has 10 nitrogen and oxygen atoms in total. The van der Waals surface area contributed by atoms with Gasteiger partial charge in [-0.05, 0) is 0 Å². The summed E-state index contributed by atoms with van der Waals surface area (Å²) in [5, 5.41) is 4.72. The van der Waals surface area contributed by atoms with E-state index in [1.54, 1.807) is 0 Å². The first-order valence-electron chi connectivity index (χ1n) is 4.16. The second kappa shape index (κ2) is 9.43. The fraction of sp³-hybridized carbons (Fsp3) is 1.00. The molecular weight excluding hydrogens is 354 g/mol. The van der Waals surface area contributed by atoms with Crippen molar-refractivity contribution in [1.29, 1.82) is 0 Å². The van der Waals surface area contributed by atoms with E-state index in [1.165, 1.54) is 26.2 Å². The Balaban J connectivity index is 0. The van der Waals surface area contributed by atoms with Gasteiger partial charge in [-0.15, -0.1) is 0 Å². The summed E-state index contributed by atoms with van der Waals surface area (Å²) in [6, 6.07) is 0. The molecule has 1 rings (SSSR count). The van der Waals surface area contributed by atoms with Gasteiger partial charge in [0.1, 0.15) is 26.2 Å². The van der Waals surface area contributed by atoms with Crippen LogP contribution in [0.3, 0.4) is 0 Å². The Morgan fingerprint density at radius 3 is 0.938 bits per heavy atom. The predicted octanol–water partition coefficient (Wildman–Crippen LogP) is -8.48. The third kappa shape index (κ3) is 63.1. The van der Waals surface area contributed by atoms with Gasteiger partial charge in [-0.3, -0.25) is 0 Å². The number of quaternary nitrogens is 2. The van der Waals surface area contributed by atoms with Gasteiger partial charge in [0.05, 0.1) is 0 Å². The van der Waals surface area contributed by atoms with E-state index in [-0.39, 0.29) is 0 Å².